The number of unbranched alkanes of at least 4 members (excludes halogenated alkanes) is 53. The maximum absolute atomic E-state index is 12.7. The Labute approximate surface area is 482 Å². The first-order chi connectivity index (χ1) is 38.0. The second-order valence-corrected chi connectivity index (χ2v) is 24.6. The molecule has 0 fully saturated rings. The maximum atomic E-state index is 12.7. The van der Waals surface area contributed by atoms with Gasteiger partial charge in [0.25, 0.3) is 0 Å². The Bertz CT molecular complexity index is 1170. The number of aliphatic hydroxyl groups is 4. The van der Waals surface area contributed by atoms with Crippen molar-refractivity contribution < 1.29 is 25.2 Å². The largest absolute Gasteiger partial charge is 0.394 e. The molecule has 77 heavy (non-hydrogen) atoms. The summed E-state index contributed by atoms with van der Waals surface area (Å²) >= 11 is 0. The second-order valence-electron chi connectivity index (χ2n) is 24.6. The quantitative estimate of drug-likeness (QED) is 0.0308. The van der Waals surface area contributed by atoms with E-state index in [2.05, 4.69) is 43.5 Å². The third kappa shape index (κ3) is 59.2. The predicted octanol–water partition coefficient (Wildman–Crippen LogP) is 21.7. The van der Waals surface area contributed by atoms with Crippen LogP contribution in [-0.4, -0.2) is 57.3 Å². The van der Waals surface area contributed by atoms with Crippen molar-refractivity contribution in [2.75, 3.05) is 6.61 Å². The molecule has 0 saturated heterocycles. The third-order valence-electron chi connectivity index (χ3n) is 16.9. The molecule has 6 heteroatoms. The summed E-state index contributed by atoms with van der Waals surface area (Å²) in [5.74, 6) is -0.576. The fraction of sp³-hybridized carbons (Fsp3) is 0.930. The number of aliphatic hydroxyl groups excluding tert-OH is 4. The molecule has 0 radical (unpaired) electrons. The number of nitrogens with one attached hydrogen (secondary N) is 1. The van der Waals surface area contributed by atoms with E-state index >= 15 is 0 Å². The van der Waals surface area contributed by atoms with Crippen molar-refractivity contribution in [1.82, 2.24) is 5.32 Å². The van der Waals surface area contributed by atoms with Crippen LogP contribution in [-0.2, 0) is 4.79 Å². The highest BCUT2D eigenvalue weighted by Gasteiger charge is 2.28. The first-order valence-electron chi connectivity index (χ1n) is 35.2. The molecule has 4 unspecified atom stereocenters. The number of carbonyl (C=O) groups excluding carboxylic acids is 1. The molecule has 0 aliphatic rings. The Morgan fingerprint density at radius 3 is 0.818 bits per heavy atom. The molecule has 0 saturated carbocycles. The minimum Gasteiger partial charge on any atom is -0.394 e. The highest BCUT2D eigenvalue weighted by atomic mass is 16.3. The average molecular weight is 1090 g/mol. The van der Waals surface area contributed by atoms with Crippen LogP contribution in [0.4, 0.5) is 0 Å². The van der Waals surface area contributed by atoms with Gasteiger partial charge in [0.05, 0.1) is 18.8 Å². The van der Waals surface area contributed by atoms with E-state index in [-0.39, 0.29) is 0 Å². The zero-order valence-corrected chi connectivity index (χ0v) is 52.2. The van der Waals surface area contributed by atoms with Crippen LogP contribution in [0.5, 0.6) is 0 Å². The van der Waals surface area contributed by atoms with E-state index in [1.54, 1.807) is 0 Å². The summed E-state index contributed by atoms with van der Waals surface area (Å²) in [6.07, 6.45) is 83.0. The molecule has 0 aromatic rings. The van der Waals surface area contributed by atoms with E-state index in [1.165, 1.54) is 321 Å². The molecule has 0 aliphatic heterocycles. The zero-order valence-electron chi connectivity index (χ0n) is 52.2. The number of hydrogen-bond acceptors (Lipinski definition) is 5. The number of carbonyl (C=O) groups is 1. The molecule has 0 bridgehead atoms. The maximum Gasteiger partial charge on any atom is 0.249 e. The summed E-state index contributed by atoms with van der Waals surface area (Å²) in [6, 6.07) is -0.985. The van der Waals surface area contributed by atoms with Crippen LogP contribution >= 0.6 is 0 Å². The highest BCUT2D eigenvalue weighted by molar-refractivity contribution is 5.80. The second kappa shape index (κ2) is 65.6. The van der Waals surface area contributed by atoms with Gasteiger partial charge in [-0.05, 0) is 44.9 Å². The lowest BCUT2D eigenvalue weighted by Gasteiger charge is -2.27. The summed E-state index contributed by atoms with van der Waals surface area (Å²) in [6.45, 7) is 4.11. The van der Waals surface area contributed by atoms with E-state index in [4.69, 9.17) is 0 Å². The summed E-state index contributed by atoms with van der Waals surface area (Å²) in [7, 11) is 0. The van der Waals surface area contributed by atoms with E-state index in [1.807, 2.05) is 0 Å². The summed E-state index contributed by atoms with van der Waals surface area (Å²) in [5, 5.41) is 44.3. The Hall–Kier alpha value is -1.21. The lowest BCUT2D eigenvalue weighted by molar-refractivity contribution is -0.132. The SMILES string of the molecule is CCCCCCCCCCCCCCC/C=C\C/C=C\CCCCCCCCCCCCCCCCCCC(O)C(=O)NC(CO)C(O)C(O)CCCCCCCCCCCCCCCCCCCCCCCCCCC. The van der Waals surface area contributed by atoms with Crippen LogP contribution in [0.1, 0.15) is 393 Å². The smallest absolute Gasteiger partial charge is 0.249 e. The van der Waals surface area contributed by atoms with Crippen molar-refractivity contribution in [2.24, 2.45) is 0 Å². The summed E-state index contributed by atoms with van der Waals surface area (Å²) in [4.78, 5) is 12.7. The van der Waals surface area contributed by atoms with Crippen LogP contribution < -0.4 is 5.32 Å². The van der Waals surface area contributed by atoms with Gasteiger partial charge in [-0.2, -0.15) is 0 Å². The average Bonchev–Trinajstić information content (AvgIpc) is 3.43. The van der Waals surface area contributed by atoms with Crippen molar-refractivity contribution in [3.8, 4) is 0 Å². The van der Waals surface area contributed by atoms with Gasteiger partial charge in [0.15, 0.2) is 0 Å². The van der Waals surface area contributed by atoms with Crippen molar-refractivity contribution in [1.29, 1.82) is 0 Å². The number of amides is 1. The minimum atomic E-state index is -1.26. The number of rotatable bonds is 66. The first kappa shape index (κ1) is 75.8. The molecular weight excluding hydrogens is 947 g/mol. The molecule has 0 aliphatic carbocycles. The van der Waals surface area contributed by atoms with Gasteiger partial charge >= 0.3 is 0 Å². The molecule has 0 heterocycles. The van der Waals surface area contributed by atoms with E-state index < -0.39 is 36.9 Å². The van der Waals surface area contributed by atoms with Gasteiger partial charge in [0.2, 0.25) is 5.91 Å². The molecule has 0 rings (SSSR count). The van der Waals surface area contributed by atoms with Crippen LogP contribution in [0.15, 0.2) is 24.3 Å². The van der Waals surface area contributed by atoms with Gasteiger partial charge in [-0.15, -0.1) is 0 Å². The van der Waals surface area contributed by atoms with Crippen LogP contribution in [0.3, 0.4) is 0 Å². The van der Waals surface area contributed by atoms with Gasteiger partial charge in [-0.3, -0.25) is 4.79 Å². The Morgan fingerprint density at radius 1 is 0.325 bits per heavy atom. The highest BCUT2D eigenvalue weighted by Crippen LogP contribution is 2.20. The first-order valence-corrected chi connectivity index (χ1v) is 35.2. The standard InChI is InChI=1S/C71H139NO5/c1-3-5-7-9-11-13-15-17-19-21-23-25-27-29-30-31-32-33-34-35-36-37-38-39-41-43-45-47-49-51-53-55-57-59-61-63-65-69(75)71(77)72-67(66-73)70(76)68(74)64-62-60-58-56-54-52-50-48-46-44-42-40-28-26-24-22-20-18-16-14-12-10-8-6-4-2/h30-31,33-34,67-70,73-76H,3-29,32,35-66H2,1-2H3,(H,72,77)/b31-30-,34-33-. The van der Waals surface area contributed by atoms with E-state index in [0.29, 0.717) is 12.8 Å². The van der Waals surface area contributed by atoms with Gasteiger partial charge < -0.3 is 25.7 Å². The van der Waals surface area contributed by atoms with Gasteiger partial charge in [-0.25, -0.2) is 0 Å². The van der Waals surface area contributed by atoms with E-state index in [0.717, 1.165) is 44.9 Å². The fourth-order valence-corrected chi connectivity index (χ4v) is 11.4. The van der Waals surface area contributed by atoms with Crippen molar-refractivity contribution in [3.63, 3.8) is 0 Å². The van der Waals surface area contributed by atoms with Crippen LogP contribution in [0.25, 0.3) is 0 Å². The zero-order chi connectivity index (χ0) is 55.8. The summed E-state index contributed by atoms with van der Waals surface area (Å²) < 4.78 is 0. The number of allylic oxidation sites excluding steroid dienone is 4. The molecule has 0 aromatic carbocycles. The van der Waals surface area contributed by atoms with Gasteiger partial charge in [0.1, 0.15) is 12.2 Å². The topological polar surface area (TPSA) is 110 Å². The molecule has 0 aromatic heterocycles. The monoisotopic (exact) mass is 1090 g/mol. The van der Waals surface area contributed by atoms with Crippen LogP contribution in [0.2, 0.25) is 0 Å². The van der Waals surface area contributed by atoms with Crippen molar-refractivity contribution in [3.05, 3.63) is 24.3 Å². The lowest BCUT2D eigenvalue weighted by Crippen LogP contribution is -2.53. The van der Waals surface area contributed by atoms with Gasteiger partial charge in [-0.1, -0.05) is 372 Å². The molecule has 458 valence electrons. The lowest BCUT2D eigenvalue weighted by atomic mass is 9.99. The Balaban J connectivity index is 3.53. The predicted molar refractivity (Wildman–Crippen MR) is 339 cm³/mol. The molecule has 0 spiro atoms. The summed E-state index contributed by atoms with van der Waals surface area (Å²) in [5.41, 5.74) is 0. The third-order valence-corrected chi connectivity index (χ3v) is 16.9. The fourth-order valence-electron chi connectivity index (χ4n) is 11.4. The molecule has 1 amide bonds. The van der Waals surface area contributed by atoms with Crippen molar-refractivity contribution in [2.45, 2.75) is 417 Å². The molecular formula is C71H139NO5. The van der Waals surface area contributed by atoms with Crippen molar-refractivity contribution >= 4 is 5.91 Å². The number of hydrogen-bond donors (Lipinski definition) is 5. The Kier molecular flexibility index (Phi) is 64.6. The van der Waals surface area contributed by atoms with E-state index in [9.17, 15) is 25.2 Å². The Morgan fingerprint density at radius 2 is 0.558 bits per heavy atom. The van der Waals surface area contributed by atoms with Crippen LogP contribution in [0, 0.1) is 0 Å². The minimum absolute atomic E-state index is 0.372. The van der Waals surface area contributed by atoms with Gasteiger partial charge in [0, 0.05) is 0 Å². The molecule has 4 atom stereocenters. The molecule has 5 N–H and O–H groups in total. The molecule has 6 nitrogen and oxygen atoms in total. The normalized spacial score (nSPS) is 13.6.